The van der Waals surface area contributed by atoms with Gasteiger partial charge in [-0.25, -0.2) is 8.42 Å². The summed E-state index contributed by atoms with van der Waals surface area (Å²) >= 11 is 0. The van der Waals surface area contributed by atoms with E-state index in [4.69, 9.17) is 5.73 Å². The quantitative estimate of drug-likeness (QED) is 0.879. The largest absolute Gasteiger partial charge is 0.399 e. The summed E-state index contributed by atoms with van der Waals surface area (Å²) in [6.07, 6.45) is 1.11. The van der Waals surface area contributed by atoms with E-state index < -0.39 is 9.84 Å². The van der Waals surface area contributed by atoms with Gasteiger partial charge < -0.3 is 10.6 Å². The van der Waals surface area contributed by atoms with Crippen LogP contribution >= 0.6 is 0 Å². The molecule has 0 aromatic heterocycles. The Hall–Kier alpha value is -2.34. The summed E-state index contributed by atoms with van der Waals surface area (Å²) in [7, 11) is -1.72. The number of nitrogens with zero attached hydrogens (tertiary/aromatic N) is 1. The predicted octanol–water partition coefficient (Wildman–Crippen LogP) is 1.95. The van der Waals surface area contributed by atoms with Crippen LogP contribution in [0, 0.1) is 0 Å². The summed E-state index contributed by atoms with van der Waals surface area (Å²) < 4.78 is 23.1. The minimum atomic E-state index is -3.34. The lowest BCUT2D eigenvalue weighted by Gasteiger charge is -2.17. The Morgan fingerprint density at radius 1 is 1.10 bits per heavy atom. The van der Waals surface area contributed by atoms with Crippen molar-refractivity contribution in [1.82, 2.24) is 0 Å². The van der Waals surface area contributed by atoms with Crippen LogP contribution in [0.25, 0.3) is 0 Å². The van der Waals surface area contributed by atoms with Gasteiger partial charge >= 0.3 is 0 Å². The number of anilines is 2. The molecule has 0 aliphatic carbocycles. The lowest BCUT2D eigenvalue weighted by Crippen LogP contribution is -2.26. The van der Waals surface area contributed by atoms with Gasteiger partial charge in [-0.1, -0.05) is 6.07 Å². The topological polar surface area (TPSA) is 80.5 Å². The third-order valence-electron chi connectivity index (χ3n) is 3.09. The highest BCUT2D eigenvalue weighted by Crippen LogP contribution is 2.19. The van der Waals surface area contributed by atoms with Crippen molar-refractivity contribution < 1.29 is 13.2 Å². The van der Waals surface area contributed by atoms with E-state index >= 15 is 0 Å². The molecule has 1 amide bonds. The van der Waals surface area contributed by atoms with Gasteiger partial charge in [0.15, 0.2) is 9.84 Å². The minimum absolute atomic E-state index is 0.124. The zero-order valence-electron chi connectivity index (χ0n) is 11.8. The van der Waals surface area contributed by atoms with Crippen LogP contribution in [0.15, 0.2) is 53.4 Å². The van der Waals surface area contributed by atoms with E-state index in [1.165, 1.54) is 17.0 Å². The Kier molecular flexibility index (Phi) is 3.99. The van der Waals surface area contributed by atoms with Gasteiger partial charge in [0.05, 0.1) is 4.90 Å². The van der Waals surface area contributed by atoms with Gasteiger partial charge in [0.2, 0.25) is 0 Å². The average Bonchev–Trinajstić information content (AvgIpc) is 2.46. The molecule has 6 heteroatoms. The molecule has 0 unspecified atom stereocenters. The van der Waals surface area contributed by atoms with Crippen molar-refractivity contribution in [3.63, 3.8) is 0 Å². The Labute approximate surface area is 123 Å². The van der Waals surface area contributed by atoms with E-state index in [9.17, 15) is 13.2 Å². The normalized spacial score (nSPS) is 11.1. The fourth-order valence-corrected chi connectivity index (χ4v) is 2.54. The van der Waals surface area contributed by atoms with Crippen LogP contribution in [-0.2, 0) is 9.84 Å². The maximum atomic E-state index is 12.4. The molecule has 0 spiro atoms. The number of carbonyl (C=O) groups is 1. The molecule has 0 saturated carbocycles. The van der Waals surface area contributed by atoms with Gasteiger partial charge in [0.25, 0.3) is 5.91 Å². The monoisotopic (exact) mass is 304 g/mol. The first-order valence-electron chi connectivity index (χ1n) is 6.23. The molecular weight excluding hydrogens is 288 g/mol. The lowest BCUT2D eigenvalue weighted by molar-refractivity contribution is 0.0993. The van der Waals surface area contributed by atoms with Gasteiger partial charge in [-0.05, 0) is 42.5 Å². The summed E-state index contributed by atoms with van der Waals surface area (Å²) in [5.74, 6) is -0.287. The number of benzene rings is 2. The summed E-state index contributed by atoms with van der Waals surface area (Å²) in [6.45, 7) is 0. The Morgan fingerprint density at radius 2 is 1.71 bits per heavy atom. The number of hydrogen-bond acceptors (Lipinski definition) is 4. The SMILES string of the molecule is CN(C(=O)c1cccc(S(C)(=O)=O)c1)c1ccc(N)cc1. The Bertz CT molecular complexity index is 768. The van der Waals surface area contributed by atoms with Gasteiger partial charge in [0.1, 0.15) is 0 Å². The zero-order valence-corrected chi connectivity index (χ0v) is 12.6. The molecule has 5 nitrogen and oxygen atoms in total. The number of rotatable bonds is 3. The fourth-order valence-electron chi connectivity index (χ4n) is 1.87. The maximum Gasteiger partial charge on any atom is 0.258 e. The third kappa shape index (κ3) is 3.41. The minimum Gasteiger partial charge on any atom is -0.399 e. The van der Waals surface area contributed by atoms with Crippen molar-refractivity contribution >= 4 is 27.1 Å². The molecular formula is C15H16N2O3S. The molecule has 2 N–H and O–H groups in total. The number of amides is 1. The van der Waals surface area contributed by atoms with Crippen LogP contribution in [0.4, 0.5) is 11.4 Å². The van der Waals surface area contributed by atoms with Crippen LogP contribution in [-0.4, -0.2) is 27.6 Å². The summed E-state index contributed by atoms with van der Waals surface area (Å²) in [5.41, 5.74) is 7.22. The van der Waals surface area contributed by atoms with Crippen molar-refractivity contribution in [2.75, 3.05) is 23.9 Å². The Morgan fingerprint density at radius 3 is 2.29 bits per heavy atom. The number of hydrogen-bond donors (Lipinski definition) is 1. The summed E-state index contributed by atoms with van der Waals surface area (Å²) in [4.78, 5) is 14.0. The average molecular weight is 304 g/mol. The molecule has 0 atom stereocenters. The van der Waals surface area contributed by atoms with E-state index in [0.29, 0.717) is 16.9 Å². The van der Waals surface area contributed by atoms with Crippen LogP contribution in [0.5, 0.6) is 0 Å². The van der Waals surface area contributed by atoms with Crippen molar-refractivity contribution in [2.24, 2.45) is 0 Å². The summed E-state index contributed by atoms with van der Waals surface area (Å²) in [5, 5.41) is 0. The van der Waals surface area contributed by atoms with Crippen molar-refractivity contribution in [2.45, 2.75) is 4.90 Å². The molecule has 0 aliphatic rings. The number of carbonyl (C=O) groups excluding carboxylic acids is 1. The number of nitrogen functional groups attached to an aromatic ring is 1. The number of sulfone groups is 1. The van der Waals surface area contributed by atoms with Crippen LogP contribution in [0.3, 0.4) is 0 Å². The van der Waals surface area contributed by atoms with Gasteiger partial charge in [-0.3, -0.25) is 4.79 Å². The van der Waals surface area contributed by atoms with Crippen LogP contribution in [0.1, 0.15) is 10.4 Å². The highest BCUT2D eigenvalue weighted by Gasteiger charge is 2.16. The molecule has 0 heterocycles. The summed E-state index contributed by atoms with van der Waals surface area (Å²) in [6, 6.07) is 12.9. The first-order valence-corrected chi connectivity index (χ1v) is 8.12. The third-order valence-corrected chi connectivity index (χ3v) is 4.20. The van der Waals surface area contributed by atoms with E-state index in [1.807, 2.05) is 0 Å². The molecule has 2 aromatic rings. The van der Waals surface area contributed by atoms with Crippen molar-refractivity contribution in [3.05, 3.63) is 54.1 Å². The molecule has 0 fully saturated rings. The second kappa shape index (κ2) is 5.57. The molecule has 0 radical (unpaired) electrons. The van der Waals surface area contributed by atoms with E-state index in [0.717, 1.165) is 6.26 Å². The standard InChI is InChI=1S/C15H16N2O3S/c1-17(13-8-6-12(16)7-9-13)15(18)11-4-3-5-14(10-11)21(2,19)20/h3-10H,16H2,1-2H3. The van der Waals surface area contributed by atoms with Gasteiger partial charge in [-0.15, -0.1) is 0 Å². The smallest absolute Gasteiger partial charge is 0.258 e. The van der Waals surface area contributed by atoms with E-state index in [1.54, 1.807) is 43.4 Å². The lowest BCUT2D eigenvalue weighted by atomic mass is 10.2. The zero-order chi connectivity index (χ0) is 15.6. The second-order valence-electron chi connectivity index (χ2n) is 4.76. The Balaban J connectivity index is 2.34. The van der Waals surface area contributed by atoms with E-state index in [-0.39, 0.29) is 10.8 Å². The van der Waals surface area contributed by atoms with Gasteiger partial charge in [0, 0.05) is 30.2 Å². The first kappa shape index (κ1) is 15.1. The first-order chi connectivity index (χ1) is 9.79. The van der Waals surface area contributed by atoms with Crippen molar-refractivity contribution in [1.29, 1.82) is 0 Å². The van der Waals surface area contributed by atoms with Crippen molar-refractivity contribution in [3.8, 4) is 0 Å². The molecule has 21 heavy (non-hydrogen) atoms. The second-order valence-corrected chi connectivity index (χ2v) is 6.77. The number of nitrogens with two attached hydrogens (primary N) is 1. The molecule has 0 bridgehead atoms. The molecule has 2 rings (SSSR count). The van der Waals surface area contributed by atoms with Gasteiger partial charge in [-0.2, -0.15) is 0 Å². The molecule has 0 saturated heterocycles. The predicted molar refractivity (Wildman–Crippen MR) is 83.1 cm³/mol. The highest BCUT2D eigenvalue weighted by atomic mass is 32.2. The maximum absolute atomic E-state index is 12.4. The molecule has 2 aromatic carbocycles. The fraction of sp³-hybridized carbons (Fsp3) is 0.133. The molecule has 110 valence electrons. The van der Waals surface area contributed by atoms with Crippen LogP contribution in [0.2, 0.25) is 0 Å². The highest BCUT2D eigenvalue weighted by molar-refractivity contribution is 7.90. The van der Waals surface area contributed by atoms with Crippen LogP contribution < -0.4 is 10.6 Å². The van der Waals surface area contributed by atoms with E-state index in [2.05, 4.69) is 0 Å². The molecule has 0 aliphatic heterocycles.